The van der Waals surface area contributed by atoms with E-state index >= 15 is 0 Å². The highest BCUT2D eigenvalue weighted by Crippen LogP contribution is 2.78. The van der Waals surface area contributed by atoms with Crippen LogP contribution in [-0.4, -0.2) is 41.5 Å². The van der Waals surface area contributed by atoms with Crippen molar-refractivity contribution in [3.05, 3.63) is 12.2 Å². The quantitative estimate of drug-likeness (QED) is 0.169. The smallest absolute Gasteiger partial charge is 0.309 e. The van der Waals surface area contributed by atoms with Gasteiger partial charge in [-0.1, -0.05) is 54.2 Å². The van der Waals surface area contributed by atoms with Crippen LogP contribution in [-0.2, 0) is 28.7 Å². The van der Waals surface area contributed by atoms with E-state index in [1.165, 1.54) is 51.0 Å². The predicted molar refractivity (Wildman–Crippen MR) is 197 cm³/mol. The molecule has 50 heavy (non-hydrogen) atoms. The van der Waals surface area contributed by atoms with Crippen molar-refractivity contribution in [2.45, 2.75) is 166 Å². The molecule has 7 heteroatoms. The fraction of sp³-hybridized carbons (Fsp3) is 0.860. The zero-order valence-corrected chi connectivity index (χ0v) is 32.2. The molecule has 5 aliphatic rings. The Hall–Kier alpha value is -2.18. The maximum Gasteiger partial charge on any atom is 0.309 e. The topological polar surface area (TPSA) is 107 Å². The molecule has 0 aliphatic heterocycles. The summed E-state index contributed by atoms with van der Waals surface area (Å²) in [6.45, 7) is 24.3. The maximum atomic E-state index is 13.1. The second-order valence-electron chi connectivity index (χ2n) is 19.4. The summed E-state index contributed by atoms with van der Waals surface area (Å²) in [4.78, 5) is 48.6. The number of hydrogen-bond acceptors (Lipinski definition) is 6. The van der Waals surface area contributed by atoms with Crippen molar-refractivity contribution in [2.75, 3.05) is 6.61 Å². The largest absolute Gasteiger partial charge is 0.481 e. The first kappa shape index (κ1) is 40.6. The average Bonchev–Trinajstić information content (AvgIpc) is 3.37. The fourth-order valence-electron chi connectivity index (χ4n) is 13.3. The van der Waals surface area contributed by atoms with E-state index < -0.39 is 17.4 Å². The van der Waals surface area contributed by atoms with E-state index in [4.69, 9.17) is 9.47 Å². The first-order valence-corrected chi connectivity index (χ1v) is 19.4. The fourth-order valence-corrected chi connectivity index (χ4v) is 13.3. The summed E-state index contributed by atoms with van der Waals surface area (Å²) in [7, 11) is 0. The Bertz CT molecular complexity index is 1350. The van der Waals surface area contributed by atoms with Gasteiger partial charge in [0.25, 0.3) is 0 Å². The molecule has 5 saturated carbocycles. The molecule has 0 amide bonds. The molecule has 0 unspecified atom stereocenters. The number of rotatable bonds is 11. The highest BCUT2D eigenvalue weighted by atomic mass is 16.5. The normalized spacial score (nSPS) is 40.1. The second kappa shape index (κ2) is 14.0. The molecular formula is C43H70O7. The van der Waals surface area contributed by atoms with E-state index in [0.29, 0.717) is 36.2 Å². The molecule has 5 rings (SSSR count). The Balaban J connectivity index is 0.00000562. The summed E-state index contributed by atoms with van der Waals surface area (Å²) in [6.07, 6.45) is 12.3. The monoisotopic (exact) mass is 699 g/mol. The molecule has 0 aromatic carbocycles. The Kier molecular flexibility index (Phi) is 11.4. The number of allylic oxidation sites excluding steroid dienone is 1. The standard InChI is InChI=1S/C42H66O7.CH4/c1-26(2)28-15-20-42(23-24-48-33(44)14-11-27(3)43)22-21-40(9)29(35(28)42)12-13-31-39(8)18-17-32(49-34(45)25-37(4,5)36(46)47)38(6,7)30(39)16-19-41(31,40)10;/h28-32,35H,1,11-25H2,2-10H3,(H,46,47);1H4/t28-,29+,30-,31+,32-,35+,39-,40+,41+,42+;/m0./s1. The van der Waals surface area contributed by atoms with Crippen LogP contribution in [0.5, 0.6) is 0 Å². The Morgan fingerprint density at radius 3 is 2.10 bits per heavy atom. The molecule has 0 spiro atoms. The van der Waals surface area contributed by atoms with Crippen LogP contribution in [0.4, 0.5) is 0 Å². The number of carbonyl (C=O) groups excluding carboxylic acids is 3. The highest BCUT2D eigenvalue weighted by Gasteiger charge is 2.71. The summed E-state index contributed by atoms with van der Waals surface area (Å²) in [5.74, 6) is 1.04. The molecule has 0 bridgehead atoms. The van der Waals surface area contributed by atoms with Gasteiger partial charge in [0.05, 0.1) is 24.9 Å². The third-order valence-electron chi connectivity index (χ3n) is 16.2. The van der Waals surface area contributed by atoms with Crippen LogP contribution in [0.2, 0.25) is 0 Å². The lowest BCUT2D eigenvalue weighted by Crippen LogP contribution is -2.66. The number of ether oxygens (including phenoxy) is 2. The summed E-state index contributed by atoms with van der Waals surface area (Å²) in [5.41, 5.74) is 0.655. The van der Waals surface area contributed by atoms with Crippen LogP contribution in [0.3, 0.4) is 0 Å². The van der Waals surface area contributed by atoms with Crippen molar-refractivity contribution in [3.63, 3.8) is 0 Å². The number of esters is 2. The van der Waals surface area contributed by atoms with Gasteiger partial charge in [0.1, 0.15) is 11.9 Å². The maximum absolute atomic E-state index is 13.1. The van der Waals surface area contributed by atoms with Crippen LogP contribution in [0, 0.1) is 62.1 Å². The first-order valence-electron chi connectivity index (χ1n) is 19.4. The number of Topliss-reactive ketones (excluding diaryl/α,β-unsaturated/α-hetero) is 1. The van der Waals surface area contributed by atoms with E-state index in [1.54, 1.807) is 13.8 Å². The van der Waals surface area contributed by atoms with Crippen LogP contribution in [0.25, 0.3) is 0 Å². The predicted octanol–water partition coefficient (Wildman–Crippen LogP) is 10.00. The van der Waals surface area contributed by atoms with E-state index in [-0.39, 0.29) is 71.6 Å². The molecule has 0 aromatic rings. The van der Waals surface area contributed by atoms with Crippen LogP contribution in [0.1, 0.15) is 160 Å². The molecule has 1 N–H and O–H groups in total. The number of fused-ring (bicyclic) bond motifs is 7. The lowest BCUT2D eigenvalue weighted by Gasteiger charge is -2.73. The average molecular weight is 699 g/mol. The highest BCUT2D eigenvalue weighted by molar-refractivity contribution is 5.81. The van der Waals surface area contributed by atoms with Gasteiger partial charge in [-0.2, -0.15) is 0 Å². The summed E-state index contributed by atoms with van der Waals surface area (Å²) >= 11 is 0. The van der Waals surface area contributed by atoms with E-state index in [1.807, 2.05) is 0 Å². The number of carbonyl (C=O) groups is 4. The van der Waals surface area contributed by atoms with Gasteiger partial charge in [0.15, 0.2) is 0 Å². The van der Waals surface area contributed by atoms with Gasteiger partial charge in [-0.05, 0) is 150 Å². The number of carboxylic acids is 1. The van der Waals surface area contributed by atoms with Gasteiger partial charge in [0.2, 0.25) is 0 Å². The van der Waals surface area contributed by atoms with Gasteiger partial charge in [-0.15, -0.1) is 0 Å². The minimum atomic E-state index is -1.15. The summed E-state index contributed by atoms with van der Waals surface area (Å²) in [5, 5.41) is 9.58. The zero-order valence-electron chi connectivity index (χ0n) is 32.2. The van der Waals surface area contributed by atoms with E-state index in [9.17, 15) is 24.3 Å². The second-order valence-corrected chi connectivity index (χ2v) is 19.4. The van der Waals surface area contributed by atoms with Crippen molar-refractivity contribution in [1.29, 1.82) is 0 Å². The molecule has 0 radical (unpaired) electrons. The Morgan fingerprint density at radius 1 is 0.800 bits per heavy atom. The van der Waals surface area contributed by atoms with Crippen molar-refractivity contribution in [2.24, 2.45) is 62.1 Å². The van der Waals surface area contributed by atoms with Crippen molar-refractivity contribution < 1.29 is 33.8 Å². The third-order valence-corrected chi connectivity index (χ3v) is 16.2. The van der Waals surface area contributed by atoms with Crippen molar-refractivity contribution >= 4 is 23.7 Å². The van der Waals surface area contributed by atoms with E-state index in [2.05, 4.69) is 48.1 Å². The zero-order chi connectivity index (χ0) is 36.4. The minimum Gasteiger partial charge on any atom is -0.481 e. The number of aliphatic carboxylic acids is 1. The molecule has 7 nitrogen and oxygen atoms in total. The minimum absolute atomic E-state index is 0. The van der Waals surface area contributed by atoms with Crippen LogP contribution >= 0.6 is 0 Å². The molecule has 0 heterocycles. The number of ketones is 1. The summed E-state index contributed by atoms with van der Waals surface area (Å²) in [6, 6.07) is 0. The third kappa shape index (κ3) is 6.63. The van der Waals surface area contributed by atoms with Gasteiger partial charge < -0.3 is 19.4 Å². The van der Waals surface area contributed by atoms with Crippen molar-refractivity contribution in [3.8, 4) is 0 Å². The number of carboxylic acid groups (broad SMARTS) is 1. The molecule has 0 saturated heterocycles. The molecule has 5 aliphatic carbocycles. The van der Waals surface area contributed by atoms with Gasteiger partial charge in [-0.25, -0.2) is 0 Å². The molecule has 10 atom stereocenters. The lowest BCUT2D eigenvalue weighted by atomic mass is 9.32. The van der Waals surface area contributed by atoms with Crippen LogP contribution < -0.4 is 0 Å². The van der Waals surface area contributed by atoms with E-state index in [0.717, 1.165) is 32.1 Å². The van der Waals surface area contributed by atoms with Crippen LogP contribution in [0.15, 0.2) is 12.2 Å². The summed E-state index contributed by atoms with van der Waals surface area (Å²) < 4.78 is 11.9. The molecule has 0 aromatic heterocycles. The van der Waals surface area contributed by atoms with Gasteiger partial charge in [-0.3, -0.25) is 14.4 Å². The molecule has 5 fully saturated rings. The molecule has 284 valence electrons. The first-order chi connectivity index (χ1) is 22.6. The Morgan fingerprint density at radius 2 is 1.48 bits per heavy atom. The molecular weight excluding hydrogens is 628 g/mol. The lowest BCUT2D eigenvalue weighted by molar-refractivity contribution is -0.251. The van der Waals surface area contributed by atoms with Crippen molar-refractivity contribution in [1.82, 2.24) is 0 Å². The number of hydrogen-bond donors (Lipinski definition) is 1. The SMILES string of the molecule is C.C=C(C)[C@@H]1CC[C@]2(CCOC(=O)CCC(C)=O)CC[C@]3(C)[C@H](CC[C@@H]4[C@@]5(C)CC[C@H](OC(=O)CC(C)(C)C(=O)O)C(C)(C)[C@@H]5CC[C@]43C)[C@@H]12. The van der Waals surface area contributed by atoms with Gasteiger partial charge in [0, 0.05) is 11.8 Å². The Labute approximate surface area is 303 Å². The van der Waals surface area contributed by atoms with Gasteiger partial charge >= 0.3 is 17.9 Å².